The Balaban J connectivity index is 1.86. The highest BCUT2D eigenvalue weighted by molar-refractivity contribution is 5.36. The smallest absolute Gasteiger partial charge is 0.0842 e. The van der Waals surface area contributed by atoms with Crippen LogP contribution in [0.15, 0.2) is 24.3 Å². The molecule has 0 saturated heterocycles. The molecular formula is C15H21NO. The summed E-state index contributed by atoms with van der Waals surface area (Å²) >= 11 is 0. The van der Waals surface area contributed by atoms with E-state index in [1.807, 2.05) is 0 Å². The molecule has 17 heavy (non-hydrogen) atoms. The van der Waals surface area contributed by atoms with Crippen LogP contribution in [0, 0.1) is 5.92 Å². The Morgan fingerprint density at radius 3 is 2.71 bits per heavy atom. The molecule has 2 aliphatic rings. The summed E-state index contributed by atoms with van der Waals surface area (Å²) in [5, 5.41) is 14.4. The van der Waals surface area contributed by atoms with Gasteiger partial charge in [0.05, 0.1) is 11.6 Å². The summed E-state index contributed by atoms with van der Waals surface area (Å²) < 4.78 is 0. The third-order valence-electron chi connectivity index (χ3n) is 4.54. The monoisotopic (exact) mass is 231 g/mol. The van der Waals surface area contributed by atoms with Crippen LogP contribution in [0.2, 0.25) is 0 Å². The largest absolute Gasteiger partial charge is 0.388 e. The van der Waals surface area contributed by atoms with E-state index in [2.05, 4.69) is 36.5 Å². The molecule has 2 nitrogen and oxygen atoms in total. The van der Waals surface area contributed by atoms with E-state index >= 15 is 0 Å². The third-order valence-corrected chi connectivity index (χ3v) is 4.54. The van der Waals surface area contributed by atoms with Crippen molar-refractivity contribution in [3.63, 3.8) is 0 Å². The summed E-state index contributed by atoms with van der Waals surface area (Å²) in [6.45, 7) is 3.19. The fraction of sp³-hybridized carbons (Fsp3) is 0.600. The van der Waals surface area contributed by atoms with E-state index in [0.717, 1.165) is 38.1 Å². The predicted molar refractivity (Wildman–Crippen MR) is 68.6 cm³/mol. The Kier molecular flexibility index (Phi) is 2.72. The van der Waals surface area contributed by atoms with Crippen molar-refractivity contribution in [2.24, 2.45) is 5.92 Å². The van der Waals surface area contributed by atoms with Crippen molar-refractivity contribution in [1.82, 2.24) is 5.32 Å². The molecule has 1 fully saturated rings. The number of aliphatic hydroxyl groups is 1. The average Bonchev–Trinajstić information content (AvgIpc) is 2.78. The van der Waals surface area contributed by atoms with Crippen LogP contribution in [0.25, 0.3) is 0 Å². The maximum atomic E-state index is 10.9. The van der Waals surface area contributed by atoms with Crippen molar-refractivity contribution in [3.8, 4) is 0 Å². The number of fused-ring (bicyclic) bond motifs is 1. The van der Waals surface area contributed by atoms with Gasteiger partial charge in [-0.3, -0.25) is 0 Å². The van der Waals surface area contributed by atoms with Gasteiger partial charge in [-0.05, 0) is 42.7 Å². The molecule has 1 aliphatic heterocycles. The van der Waals surface area contributed by atoms with Crippen LogP contribution in [-0.4, -0.2) is 10.7 Å². The molecule has 92 valence electrons. The minimum absolute atomic E-state index is 0.145. The van der Waals surface area contributed by atoms with Gasteiger partial charge < -0.3 is 10.4 Å². The lowest BCUT2D eigenvalue weighted by atomic mass is 9.74. The molecule has 0 bridgehead atoms. The van der Waals surface area contributed by atoms with Gasteiger partial charge in [-0.15, -0.1) is 0 Å². The van der Waals surface area contributed by atoms with Gasteiger partial charge in [-0.25, -0.2) is 0 Å². The van der Waals surface area contributed by atoms with Crippen LogP contribution < -0.4 is 5.32 Å². The van der Waals surface area contributed by atoms with Crippen molar-refractivity contribution in [2.75, 3.05) is 0 Å². The molecule has 1 aliphatic carbocycles. The van der Waals surface area contributed by atoms with Gasteiger partial charge in [0.2, 0.25) is 0 Å². The zero-order valence-electron chi connectivity index (χ0n) is 10.4. The fourth-order valence-electron chi connectivity index (χ4n) is 3.33. The van der Waals surface area contributed by atoms with Crippen LogP contribution >= 0.6 is 0 Å². The first kappa shape index (κ1) is 11.2. The molecule has 0 amide bonds. The standard InChI is InChI=1S/C15H21NO/c1-11-6-8-15(17,9-7-11)14-13-5-3-2-4-12(13)10-16-14/h2-5,11,14,16-17H,6-10H2,1H3. The van der Waals surface area contributed by atoms with Crippen LogP contribution in [0.5, 0.6) is 0 Å². The lowest BCUT2D eigenvalue weighted by Crippen LogP contribution is -2.43. The fourth-order valence-corrected chi connectivity index (χ4v) is 3.33. The Bertz CT molecular complexity index is 407. The van der Waals surface area contributed by atoms with Crippen molar-refractivity contribution < 1.29 is 5.11 Å². The molecule has 1 aromatic carbocycles. The second-order valence-corrected chi connectivity index (χ2v) is 5.80. The van der Waals surface area contributed by atoms with Gasteiger partial charge in [0.1, 0.15) is 0 Å². The quantitative estimate of drug-likeness (QED) is 0.779. The lowest BCUT2D eigenvalue weighted by Gasteiger charge is -2.39. The summed E-state index contributed by atoms with van der Waals surface area (Å²) in [6, 6.07) is 8.63. The third kappa shape index (κ3) is 1.90. The summed E-state index contributed by atoms with van der Waals surface area (Å²) in [4.78, 5) is 0. The number of benzene rings is 1. The summed E-state index contributed by atoms with van der Waals surface area (Å²) in [5.41, 5.74) is 2.13. The molecular weight excluding hydrogens is 210 g/mol. The molecule has 1 saturated carbocycles. The highest BCUT2D eigenvalue weighted by atomic mass is 16.3. The number of nitrogens with one attached hydrogen (secondary N) is 1. The zero-order valence-corrected chi connectivity index (χ0v) is 10.4. The first-order chi connectivity index (χ1) is 8.19. The van der Waals surface area contributed by atoms with E-state index in [9.17, 15) is 5.11 Å². The van der Waals surface area contributed by atoms with Gasteiger partial charge >= 0.3 is 0 Å². The van der Waals surface area contributed by atoms with E-state index in [-0.39, 0.29) is 6.04 Å². The van der Waals surface area contributed by atoms with Crippen LogP contribution in [0.1, 0.15) is 49.8 Å². The van der Waals surface area contributed by atoms with Gasteiger partial charge in [-0.2, -0.15) is 0 Å². The van der Waals surface area contributed by atoms with Gasteiger partial charge in [0, 0.05) is 6.54 Å². The molecule has 0 spiro atoms. The highest BCUT2D eigenvalue weighted by Gasteiger charge is 2.42. The molecule has 3 rings (SSSR count). The Hall–Kier alpha value is -0.860. The molecule has 1 atom stereocenters. The maximum Gasteiger partial charge on any atom is 0.0842 e. The van der Waals surface area contributed by atoms with Gasteiger partial charge in [-0.1, -0.05) is 31.2 Å². The van der Waals surface area contributed by atoms with Crippen molar-refractivity contribution >= 4 is 0 Å². The zero-order chi connectivity index (χ0) is 11.9. The molecule has 1 aromatic rings. The number of hydrogen-bond donors (Lipinski definition) is 2. The van der Waals surface area contributed by atoms with E-state index in [0.29, 0.717) is 0 Å². The number of rotatable bonds is 1. The second kappa shape index (κ2) is 4.11. The molecule has 1 heterocycles. The Morgan fingerprint density at radius 1 is 1.24 bits per heavy atom. The minimum atomic E-state index is -0.529. The van der Waals surface area contributed by atoms with Crippen molar-refractivity contribution in [1.29, 1.82) is 0 Å². The summed E-state index contributed by atoms with van der Waals surface area (Å²) in [5.74, 6) is 0.770. The van der Waals surface area contributed by atoms with Crippen LogP contribution in [0.3, 0.4) is 0 Å². The van der Waals surface area contributed by atoms with Crippen molar-refractivity contribution in [2.45, 2.75) is 50.8 Å². The normalized spacial score (nSPS) is 36.8. The lowest BCUT2D eigenvalue weighted by molar-refractivity contribution is -0.0381. The summed E-state index contributed by atoms with van der Waals surface area (Å²) in [7, 11) is 0. The Morgan fingerprint density at radius 2 is 1.94 bits per heavy atom. The first-order valence-corrected chi connectivity index (χ1v) is 6.73. The van der Waals surface area contributed by atoms with E-state index in [4.69, 9.17) is 0 Å². The summed E-state index contributed by atoms with van der Waals surface area (Å²) in [6.07, 6.45) is 4.16. The molecule has 0 radical (unpaired) electrons. The van der Waals surface area contributed by atoms with E-state index in [1.54, 1.807) is 0 Å². The maximum absolute atomic E-state index is 10.9. The number of hydrogen-bond acceptors (Lipinski definition) is 2. The second-order valence-electron chi connectivity index (χ2n) is 5.80. The molecule has 2 N–H and O–H groups in total. The molecule has 1 unspecified atom stereocenters. The van der Waals surface area contributed by atoms with Crippen LogP contribution in [0.4, 0.5) is 0 Å². The van der Waals surface area contributed by atoms with Crippen molar-refractivity contribution in [3.05, 3.63) is 35.4 Å². The highest BCUT2D eigenvalue weighted by Crippen LogP contribution is 2.43. The van der Waals surface area contributed by atoms with Gasteiger partial charge in [0.15, 0.2) is 0 Å². The molecule has 0 aromatic heterocycles. The first-order valence-electron chi connectivity index (χ1n) is 6.73. The topological polar surface area (TPSA) is 32.3 Å². The van der Waals surface area contributed by atoms with E-state index in [1.165, 1.54) is 11.1 Å². The van der Waals surface area contributed by atoms with Gasteiger partial charge in [0.25, 0.3) is 0 Å². The van der Waals surface area contributed by atoms with Crippen LogP contribution in [-0.2, 0) is 6.54 Å². The molecule has 2 heteroatoms. The SMILES string of the molecule is CC1CCC(O)(C2NCc3ccccc32)CC1. The average molecular weight is 231 g/mol. The minimum Gasteiger partial charge on any atom is -0.388 e. The predicted octanol–water partition coefficient (Wildman–Crippen LogP) is 2.77. The Labute approximate surface area is 103 Å². The van der Waals surface area contributed by atoms with E-state index < -0.39 is 5.60 Å².